The molecule has 1 rings (SSSR count). The maximum absolute atomic E-state index is 11.4. The molecule has 5 heteroatoms. The van der Waals surface area contributed by atoms with Crippen molar-refractivity contribution < 1.29 is 17.9 Å². The van der Waals surface area contributed by atoms with Crippen LogP contribution in [0.15, 0.2) is 41.8 Å². The molecule has 17 heavy (non-hydrogen) atoms. The van der Waals surface area contributed by atoms with E-state index in [1.54, 1.807) is 37.3 Å². The second kappa shape index (κ2) is 6.20. The van der Waals surface area contributed by atoms with Crippen LogP contribution >= 0.6 is 0 Å². The Balaban J connectivity index is 2.46. The molecule has 0 saturated heterocycles. The molecule has 0 saturated carbocycles. The van der Waals surface area contributed by atoms with Crippen molar-refractivity contribution in [1.29, 1.82) is 0 Å². The van der Waals surface area contributed by atoms with E-state index in [4.69, 9.17) is 4.74 Å². The largest absolute Gasteiger partial charge is 0.458 e. The molecule has 0 aromatic heterocycles. The highest BCUT2D eigenvalue weighted by Crippen LogP contribution is 2.01. The molecule has 0 unspecified atom stereocenters. The minimum absolute atomic E-state index is 0.0378. The summed E-state index contributed by atoms with van der Waals surface area (Å²) in [5.41, 5.74) is 0.444. The summed E-state index contributed by atoms with van der Waals surface area (Å²) in [6.07, 6.45) is 1.32. The Labute approximate surface area is 101 Å². The fourth-order valence-corrected chi connectivity index (χ4v) is 1.63. The van der Waals surface area contributed by atoms with Crippen LogP contribution in [0.1, 0.15) is 17.3 Å². The van der Waals surface area contributed by atoms with Gasteiger partial charge in [0.05, 0.1) is 11.3 Å². The van der Waals surface area contributed by atoms with Crippen molar-refractivity contribution in [3.8, 4) is 0 Å². The van der Waals surface area contributed by atoms with Crippen LogP contribution < -0.4 is 0 Å². The van der Waals surface area contributed by atoms with Crippen LogP contribution in [0.4, 0.5) is 0 Å². The van der Waals surface area contributed by atoms with Crippen molar-refractivity contribution in [3.63, 3.8) is 0 Å². The number of hydrogen-bond donors (Lipinski definition) is 0. The predicted octanol–water partition coefficient (Wildman–Crippen LogP) is 1.79. The Kier molecular flexibility index (Phi) is 4.90. The molecule has 0 N–H and O–H groups in total. The second-order valence-corrected chi connectivity index (χ2v) is 5.46. The first-order valence-electron chi connectivity index (χ1n) is 5.16. The van der Waals surface area contributed by atoms with E-state index in [1.165, 1.54) is 6.08 Å². The zero-order valence-electron chi connectivity index (χ0n) is 9.50. The third-order valence-electron chi connectivity index (χ3n) is 2.03. The van der Waals surface area contributed by atoms with E-state index in [-0.39, 0.29) is 12.4 Å². The van der Waals surface area contributed by atoms with Gasteiger partial charge >= 0.3 is 5.97 Å². The Hall–Kier alpha value is -1.62. The topological polar surface area (TPSA) is 60.4 Å². The summed E-state index contributed by atoms with van der Waals surface area (Å²) in [6.45, 7) is 1.50. The average molecular weight is 254 g/mol. The van der Waals surface area contributed by atoms with Gasteiger partial charge in [0.25, 0.3) is 0 Å². The number of esters is 1. The predicted molar refractivity (Wildman–Crippen MR) is 65.3 cm³/mol. The van der Waals surface area contributed by atoms with Gasteiger partial charge in [0.2, 0.25) is 0 Å². The third kappa shape index (κ3) is 4.82. The molecule has 0 amide bonds. The molecular formula is C12H14O4S. The van der Waals surface area contributed by atoms with Gasteiger partial charge in [-0.15, -0.1) is 0 Å². The lowest BCUT2D eigenvalue weighted by Gasteiger charge is -2.00. The lowest BCUT2D eigenvalue weighted by molar-refractivity contribution is 0.0549. The van der Waals surface area contributed by atoms with Gasteiger partial charge in [0.15, 0.2) is 9.84 Å². The molecule has 0 spiro atoms. The zero-order chi connectivity index (χ0) is 12.7. The summed E-state index contributed by atoms with van der Waals surface area (Å²) in [5, 5.41) is 1.06. The molecule has 0 bridgehead atoms. The summed E-state index contributed by atoms with van der Waals surface area (Å²) in [4.78, 5) is 11.4. The van der Waals surface area contributed by atoms with Gasteiger partial charge in [-0.2, -0.15) is 0 Å². The molecule has 0 radical (unpaired) electrons. The highest BCUT2D eigenvalue weighted by molar-refractivity contribution is 7.94. The quantitative estimate of drug-likeness (QED) is 0.752. The first-order chi connectivity index (χ1) is 8.05. The van der Waals surface area contributed by atoms with Gasteiger partial charge in [-0.25, -0.2) is 13.2 Å². The Morgan fingerprint density at radius 2 is 1.94 bits per heavy atom. The molecule has 0 atom stereocenters. The molecule has 1 aromatic carbocycles. The summed E-state index contributed by atoms with van der Waals surface area (Å²) < 4.78 is 27.1. The second-order valence-electron chi connectivity index (χ2n) is 3.29. The van der Waals surface area contributed by atoms with Crippen molar-refractivity contribution >= 4 is 15.8 Å². The number of rotatable bonds is 5. The van der Waals surface area contributed by atoms with E-state index in [0.717, 1.165) is 5.41 Å². The highest BCUT2D eigenvalue weighted by Gasteiger charge is 2.04. The number of carbonyl (C=O) groups excluding carboxylic acids is 1. The van der Waals surface area contributed by atoms with Gasteiger partial charge in [-0.3, -0.25) is 0 Å². The normalized spacial score (nSPS) is 11.6. The minimum atomic E-state index is -3.15. The van der Waals surface area contributed by atoms with Gasteiger partial charge in [-0.05, 0) is 18.2 Å². The van der Waals surface area contributed by atoms with Gasteiger partial charge < -0.3 is 4.74 Å². The number of ether oxygens (including phenoxy) is 1. The van der Waals surface area contributed by atoms with Crippen molar-refractivity contribution in [3.05, 3.63) is 47.4 Å². The van der Waals surface area contributed by atoms with Crippen molar-refractivity contribution in [2.75, 3.05) is 12.4 Å². The van der Waals surface area contributed by atoms with Crippen LogP contribution in [0.2, 0.25) is 0 Å². The zero-order valence-corrected chi connectivity index (χ0v) is 10.3. The van der Waals surface area contributed by atoms with Gasteiger partial charge in [0, 0.05) is 5.41 Å². The van der Waals surface area contributed by atoms with Crippen LogP contribution in [-0.4, -0.2) is 26.7 Å². The molecular weight excluding hydrogens is 240 g/mol. The molecule has 0 aliphatic heterocycles. The SMILES string of the molecule is CCS(=O)(=O)/C=C\COC(=O)c1ccccc1. The first kappa shape index (κ1) is 13.4. The van der Waals surface area contributed by atoms with Crippen molar-refractivity contribution in [2.24, 2.45) is 0 Å². The lowest BCUT2D eigenvalue weighted by atomic mass is 10.2. The number of carbonyl (C=O) groups is 1. The number of benzene rings is 1. The average Bonchev–Trinajstić information content (AvgIpc) is 2.35. The standard InChI is InChI=1S/C12H14O4S/c1-2-17(14,15)10-6-9-16-12(13)11-7-4-3-5-8-11/h3-8,10H,2,9H2,1H3/b10-6-. The van der Waals surface area contributed by atoms with E-state index in [1.807, 2.05) is 0 Å². The van der Waals surface area contributed by atoms with E-state index in [2.05, 4.69) is 0 Å². The van der Waals surface area contributed by atoms with Crippen LogP contribution in [0, 0.1) is 0 Å². The molecule has 0 fully saturated rings. The smallest absolute Gasteiger partial charge is 0.338 e. The Morgan fingerprint density at radius 1 is 1.29 bits per heavy atom. The van der Waals surface area contributed by atoms with Crippen LogP contribution in [0.3, 0.4) is 0 Å². The lowest BCUT2D eigenvalue weighted by Crippen LogP contribution is -2.05. The fraction of sp³-hybridized carbons (Fsp3) is 0.250. The summed E-state index contributed by atoms with van der Waals surface area (Å²) >= 11 is 0. The maximum atomic E-state index is 11.4. The monoisotopic (exact) mass is 254 g/mol. The molecule has 4 nitrogen and oxygen atoms in total. The summed E-state index contributed by atoms with van der Waals surface area (Å²) in [5.74, 6) is -0.431. The Bertz CT molecular complexity index is 488. The third-order valence-corrected chi connectivity index (χ3v) is 3.44. The first-order valence-corrected chi connectivity index (χ1v) is 6.88. The Morgan fingerprint density at radius 3 is 2.53 bits per heavy atom. The molecule has 1 aromatic rings. The van der Waals surface area contributed by atoms with Crippen molar-refractivity contribution in [2.45, 2.75) is 6.92 Å². The summed E-state index contributed by atoms with van der Waals surface area (Å²) in [7, 11) is -3.15. The highest BCUT2D eigenvalue weighted by atomic mass is 32.2. The molecule has 0 heterocycles. The summed E-state index contributed by atoms with van der Waals surface area (Å²) in [6, 6.07) is 8.52. The van der Waals surface area contributed by atoms with E-state index in [9.17, 15) is 13.2 Å². The van der Waals surface area contributed by atoms with Crippen LogP contribution in [0.5, 0.6) is 0 Å². The molecule has 92 valence electrons. The van der Waals surface area contributed by atoms with Crippen molar-refractivity contribution in [1.82, 2.24) is 0 Å². The fourth-order valence-electron chi connectivity index (χ4n) is 1.06. The van der Waals surface area contributed by atoms with Crippen LogP contribution in [-0.2, 0) is 14.6 Å². The molecule has 0 aliphatic carbocycles. The van der Waals surface area contributed by atoms with E-state index >= 15 is 0 Å². The van der Waals surface area contributed by atoms with Gasteiger partial charge in [-0.1, -0.05) is 25.1 Å². The number of sulfone groups is 1. The van der Waals surface area contributed by atoms with E-state index in [0.29, 0.717) is 5.56 Å². The maximum Gasteiger partial charge on any atom is 0.338 e. The van der Waals surface area contributed by atoms with Gasteiger partial charge in [0.1, 0.15) is 6.61 Å². The number of hydrogen-bond acceptors (Lipinski definition) is 4. The van der Waals surface area contributed by atoms with E-state index < -0.39 is 15.8 Å². The molecule has 0 aliphatic rings. The van der Waals surface area contributed by atoms with Crippen LogP contribution in [0.25, 0.3) is 0 Å². The minimum Gasteiger partial charge on any atom is -0.458 e.